The molecule has 0 aliphatic rings. The number of tetrazole rings is 1. The molecule has 1 heterocycles. The molecule has 1 amide bonds. The smallest absolute Gasteiger partial charge is 0.237 e. The maximum absolute atomic E-state index is 12.7. The molecule has 0 bridgehead atoms. The standard InChI is InChI=1S/C19H21N5O3S/c1-12-9-10-16(26-3)14(11-12)20-18(25)13(2)28-19-21-22-23-24(19)15-7-5-6-8-17(15)27-4/h5-11,13H,1-4H3,(H,20,25). The van der Waals surface area contributed by atoms with Gasteiger partial charge in [0.15, 0.2) is 0 Å². The molecular formula is C19H21N5O3S. The summed E-state index contributed by atoms with van der Waals surface area (Å²) in [6.07, 6.45) is 0. The molecule has 2 aromatic carbocycles. The van der Waals surface area contributed by atoms with Crippen LogP contribution in [0.15, 0.2) is 47.6 Å². The Morgan fingerprint density at radius 3 is 2.64 bits per heavy atom. The van der Waals surface area contributed by atoms with E-state index in [0.717, 1.165) is 5.56 Å². The third-order valence-corrected chi connectivity index (χ3v) is 5.05. The molecule has 0 saturated carbocycles. The van der Waals surface area contributed by atoms with Gasteiger partial charge in [-0.25, -0.2) is 0 Å². The van der Waals surface area contributed by atoms with Gasteiger partial charge in [-0.3, -0.25) is 4.79 Å². The Morgan fingerprint density at radius 1 is 1.14 bits per heavy atom. The van der Waals surface area contributed by atoms with E-state index in [4.69, 9.17) is 9.47 Å². The molecule has 3 rings (SSSR count). The molecule has 0 saturated heterocycles. The van der Waals surface area contributed by atoms with Crippen molar-refractivity contribution in [1.29, 1.82) is 0 Å². The number of carbonyl (C=O) groups is 1. The number of rotatable bonds is 7. The Balaban J connectivity index is 1.77. The van der Waals surface area contributed by atoms with Crippen molar-refractivity contribution < 1.29 is 14.3 Å². The molecule has 0 aliphatic carbocycles. The molecule has 146 valence electrons. The molecule has 9 heteroatoms. The predicted molar refractivity (Wildman–Crippen MR) is 107 cm³/mol. The number of aryl methyl sites for hydroxylation is 1. The number of methoxy groups -OCH3 is 2. The van der Waals surface area contributed by atoms with Crippen LogP contribution >= 0.6 is 11.8 Å². The van der Waals surface area contributed by atoms with Crippen LogP contribution in [0.3, 0.4) is 0 Å². The fourth-order valence-corrected chi connectivity index (χ4v) is 3.37. The molecule has 1 N–H and O–H groups in total. The van der Waals surface area contributed by atoms with Gasteiger partial charge >= 0.3 is 0 Å². The number of nitrogens with one attached hydrogen (secondary N) is 1. The second kappa shape index (κ2) is 8.75. The third kappa shape index (κ3) is 4.25. The minimum atomic E-state index is -0.440. The molecule has 0 spiro atoms. The van der Waals surface area contributed by atoms with E-state index in [9.17, 15) is 4.79 Å². The van der Waals surface area contributed by atoms with Crippen LogP contribution in [-0.4, -0.2) is 45.6 Å². The number of para-hydroxylation sites is 2. The van der Waals surface area contributed by atoms with Crippen LogP contribution < -0.4 is 14.8 Å². The van der Waals surface area contributed by atoms with Crippen LogP contribution in [0.1, 0.15) is 12.5 Å². The topological polar surface area (TPSA) is 91.2 Å². The number of amides is 1. The lowest BCUT2D eigenvalue weighted by molar-refractivity contribution is -0.115. The van der Waals surface area contributed by atoms with E-state index in [2.05, 4.69) is 20.8 Å². The van der Waals surface area contributed by atoms with Gasteiger partial charge in [-0.2, -0.15) is 4.68 Å². The summed E-state index contributed by atoms with van der Waals surface area (Å²) in [6.45, 7) is 3.75. The highest BCUT2D eigenvalue weighted by Gasteiger charge is 2.21. The van der Waals surface area contributed by atoms with Crippen LogP contribution in [-0.2, 0) is 4.79 Å². The maximum atomic E-state index is 12.7. The zero-order valence-electron chi connectivity index (χ0n) is 16.0. The first kappa shape index (κ1) is 19.7. The lowest BCUT2D eigenvalue weighted by Gasteiger charge is -2.15. The summed E-state index contributed by atoms with van der Waals surface area (Å²) in [4.78, 5) is 12.7. The molecule has 1 unspecified atom stereocenters. The Kier molecular flexibility index (Phi) is 6.15. The lowest BCUT2D eigenvalue weighted by atomic mass is 10.2. The molecule has 0 fully saturated rings. The van der Waals surface area contributed by atoms with E-state index in [-0.39, 0.29) is 5.91 Å². The number of nitrogens with zero attached hydrogens (tertiary/aromatic N) is 4. The zero-order chi connectivity index (χ0) is 20.1. The summed E-state index contributed by atoms with van der Waals surface area (Å²) < 4.78 is 12.2. The first-order chi connectivity index (χ1) is 13.5. The van der Waals surface area contributed by atoms with Crippen LogP contribution in [0.25, 0.3) is 5.69 Å². The van der Waals surface area contributed by atoms with Crippen molar-refractivity contribution in [1.82, 2.24) is 20.2 Å². The quantitative estimate of drug-likeness (QED) is 0.610. The number of hydrogen-bond donors (Lipinski definition) is 1. The summed E-state index contributed by atoms with van der Waals surface area (Å²) in [5, 5.41) is 14.8. The van der Waals surface area contributed by atoms with Gasteiger partial charge in [-0.05, 0) is 54.1 Å². The van der Waals surface area contributed by atoms with E-state index < -0.39 is 5.25 Å². The minimum Gasteiger partial charge on any atom is -0.495 e. The molecule has 3 aromatic rings. The van der Waals surface area contributed by atoms with Crippen molar-refractivity contribution in [3.05, 3.63) is 48.0 Å². The number of thioether (sulfide) groups is 1. The van der Waals surface area contributed by atoms with Gasteiger partial charge in [-0.1, -0.05) is 30.0 Å². The van der Waals surface area contributed by atoms with Gasteiger partial charge in [0.05, 0.1) is 25.2 Å². The fraction of sp³-hybridized carbons (Fsp3) is 0.263. The van der Waals surface area contributed by atoms with E-state index in [1.165, 1.54) is 11.8 Å². The number of benzene rings is 2. The molecule has 0 radical (unpaired) electrons. The summed E-state index contributed by atoms with van der Waals surface area (Å²) >= 11 is 1.25. The van der Waals surface area contributed by atoms with E-state index in [1.54, 1.807) is 25.8 Å². The molecule has 8 nitrogen and oxygen atoms in total. The van der Waals surface area contributed by atoms with E-state index >= 15 is 0 Å². The molecular weight excluding hydrogens is 378 g/mol. The van der Waals surface area contributed by atoms with Gasteiger partial charge in [0.2, 0.25) is 11.1 Å². The summed E-state index contributed by atoms with van der Waals surface area (Å²) in [5.41, 5.74) is 2.35. The highest BCUT2D eigenvalue weighted by Crippen LogP contribution is 2.30. The second-order valence-electron chi connectivity index (χ2n) is 6.00. The monoisotopic (exact) mass is 399 g/mol. The summed E-state index contributed by atoms with van der Waals surface area (Å²) in [5.74, 6) is 1.07. The average molecular weight is 399 g/mol. The van der Waals surface area contributed by atoms with Crippen LogP contribution in [0.4, 0.5) is 5.69 Å². The molecule has 1 atom stereocenters. The van der Waals surface area contributed by atoms with Gasteiger partial charge in [-0.15, -0.1) is 5.10 Å². The largest absolute Gasteiger partial charge is 0.495 e. The summed E-state index contributed by atoms with van der Waals surface area (Å²) in [6, 6.07) is 13.0. The van der Waals surface area contributed by atoms with Crippen molar-refractivity contribution in [2.24, 2.45) is 0 Å². The number of carbonyl (C=O) groups excluding carboxylic acids is 1. The zero-order valence-corrected chi connectivity index (χ0v) is 16.9. The molecule has 1 aromatic heterocycles. The Hall–Kier alpha value is -3.07. The Labute approximate surface area is 167 Å². The highest BCUT2D eigenvalue weighted by molar-refractivity contribution is 8.00. The highest BCUT2D eigenvalue weighted by atomic mass is 32.2. The number of anilines is 1. The average Bonchev–Trinajstić information content (AvgIpc) is 3.16. The Morgan fingerprint density at radius 2 is 1.89 bits per heavy atom. The van der Waals surface area contributed by atoms with Crippen molar-refractivity contribution >= 4 is 23.4 Å². The first-order valence-corrected chi connectivity index (χ1v) is 9.45. The fourth-order valence-electron chi connectivity index (χ4n) is 2.57. The van der Waals surface area contributed by atoms with Gasteiger partial charge in [0.25, 0.3) is 0 Å². The van der Waals surface area contributed by atoms with Gasteiger partial charge < -0.3 is 14.8 Å². The van der Waals surface area contributed by atoms with E-state index in [0.29, 0.717) is 28.0 Å². The van der Waals surface area contributed by atoms with Crippen molar-refractivity contribution in [2.45, 2.75) is 24.3 Å². The normalized spacial score (nSPS) is 11.7. The minimum absolute atomic E-state index is 0.177. The molecule has 0 aliphatic heterocycles. The lowest BCUT2D eigenvalue weighted by Crippen LogP contribution is -2.23. The van der Waals surface area contributed by atoms with Crippen molar-refractivity contribution in [2.75, 3.05) is 19.5 Å². The Bertz CT molecular complexity index is 976. The predicted octanol–water partition coefficient (Wildman–Crippen LogP) is 3.11. The van der Waals surface area contributed by atoms with Crippen LogP contribution in [0.5, 0.6) is 11.5 Å². The SMILES string of the molecule is COc1ccc(C)cc1NC(=O)C(C)Sc1nnnn1-c1ccccc1OC. The number of aromatic nitrogens is 4. The van der Waals surface area contributed by atoms with Crippen LogP contribution in [0, 0.1) is 6.92 Å². The third-order valence-electron chi connectivity index (χ3n) is 4.02. The van der Waals surface area contributed by atoms with Crippen molar-refractivity contribution in [3.63, 3.8) is 0 Å². The maximum Gasteiger partial charge on any atom is 0.237 e. The van der Waals surface area contributed by atoms with Gasteiger partial charge in [0, 0.05) is 0 Å². The molecule has 28 heavy (non-hydrogen) atoms. The number of hydrogen-bond acceptors (Lipinski definition) is 7. The van der Waals surface area contributed by atoms with Crippen molar-refractivity contribution in [3.8, 4) is 17.2 Å². The summed E-state index contributed by atoms with van der Waals surface area (Å²) in [7, 11) is 3.15. The van der Waals surface area contributed by atoms with Gasteiger partial charge in [0.1, 0.15) is 17.2 Å². The number of ether oxygens (including phenoxy) is 2. The van der Waals surface area contributed by atoms with Crippen LogP contribution in [0.2, 0.25) is 0 Å². The first-order valence-electron chi connectivity index (χ1n) is 8.57. The van der Waals surface area contributed by atoms with E-state index in [1.807, 2.05) is 49.4 Å². The second-order valence-corrected chi connectivity index (χ2v) is 7.31.